The maximum absolute atomic E-state index is 5.51. The molecule has 1 atom stereocenters. The molecule has 106 valence electrons. The van der Waals surface area contributed by atoms with Crippen LogP contribution in [0.2, 0.25) is 0 Å². The minimum Gasteiger partial charge on any atom is -0.494 e. The number of hydrogen-bond acceptors (Lipinski definition) is 1. The maximum Gasteiger partial charge on any atom is 0.120 e. The van der Waals surface area contributed by atoms with Crippen LogP contribution >= 0.6 is 31.9 Å². The summed E-state index contributed by atoms with van der Waals surface area (Å²) in [5, 5.41) is 0. The Morgan fingerprint density at radius 2 is 1.80 bits per heavy atom. The highest BCUT2D eigenvalue weighted by Gasteiger charge is 2.12. The molecule has 0 aliphatic heterocycles. The number of hydrogen-bond donors (Lipinski definition) is 0. The van der Waals surface area contributed by atoms with Gasteiger partial charge in [0.2, 0.25) is 0 Å². The molecule has 0 radical (unpaired) electrons. The Labute approximate surface area is 137 Å². The molecular weight excluding hydrogens is 380 g/mol. The lowest BCUT2D eigenvalue weighted by Gasteiger charge is -2.14. The van der Waals surface area contributed by atoms with Crippen LogP contribution in [-0.4, -0.2) is 6.61 Å². The van der Waals surface area contributed by atoms with Gasteiger partial charge in [0.25, 0.3) is 0 Å². The lowest BCUT2D eigenvalue weighted by molar-refractivity contribution is 0.340. The Morgan fingerprint density at radius 1 is 1.10 bits per heavy atom. The van der Waals surface area contributed by atoms with Crippen molar-refractivity contribution in [1.29, 1.82) is 0 Å². The molecule has 0 amide bonds. The van der Waals surface area contributed by atoms with Crippen LogP contribution in [0.25, 0.3) is 0 Å². The number of alkyl halides is 1. The number of ether oxygens (including phenoxy) is 1. The number of rotatable bonds is 5. The average Bonchev–Trinajstić information content (AvgIpc) is 2.42. The van der Waals surface area contributed by atoms with Crippen LogP contribution in [0.5, 0.6) is 5.75 Å². The van der Waals surface area contributed by atoms with Gasteiger partial charge in [0.1, 0.15) is 5.75 Å². The fraction of sp³-hybridized carbons (Fsp3) is 0.294. The first-order valence-electron chi connectivity index (χ1n) is 6.72. The zero-order valence-corrected chi connectivity index (χ0v) is 14.9. The highest BCUT2D eigenvalue weighted by molar-refractivity contribution is 9.11. The van der Waals surface area contributed by atoms with Crippen molar-refractivity contribution >= 4 is 31.9 Å². The van der Waals surface area contributed by atoms with E-state index in [0.717, 1.165) is 16.6 Å². The quantitative estimate of drug-likeness (QED) is 0.576. The van der Waals surface area contributed by atoms with Gasteiger partial charge in [-0.25, -0.2) is 0 Å². The Morgan fingerprint density at radius 3 is 2.40 bits per heavy atom. The van der Waals surface area contributed by atoms with Crippen molar-refractivity contribution in [2.75, 3.05) is 6.61 Å². The second-order valence-electron chi connectivity index (χ2n) is 4.77. The van der Waals surface area contributed by atoms with Gasteiger partial charge in [-0.1, -0.05) is 67.8 Å². The standard InChI is InChI=1S/C17H18Br2O/c1-3-20-14-8-9-15(17(19)11-14)16(18)10-13-6-4-12(2)5-7-13/h4-9,11,16H,3,10H2,1-2H3. The van der Waals surface area contributed by atoms with Crippen LogP contribution in [0.3, 0.4) is 0 Å². The first-order chi connectivity index (χ1) is 9.60. The summed E-state index contributed by atoms with van der Waals surface area (Å²) < 4.78 is 6.59. The van der Waals surface area contributed by atoms with Crippen molar-refractivity contribution in [2.45, 2.75) is 25.1 Å². The van der Waals surface area contributed by atoms with Crippen LogP contribution in [0.4, 0.5) is 0 Å². The predicted octanol–water partition coefficient (Wildman–Crippen LogP) is 5.83. The van der Waals surface area contributed by atoms with Crippen molar-refractivity contribution in [1.82, 2.24) is 0 Å². The Hall–Kier alpha value is -0.800. The van der Waals surface area contributed by atoms with E-state index < -0.39 is 0 Å². The van der Waals surface area contributed by atoms with Crippen molar-refractivity contribution in [3.05, 3.63) is 63.6 Å². The van der Waals surface area contributed by atoms with Crippen LogP contribution in [0, 0.1) is 6.92 Å². The molecule has 0 fully saturated rings. The number of halogens is 2. The van der Waals surface area contributed by atoms with Gasteiger partial charge in [-0.15, -0.1) is 0 Å². The molecule has 0 spiro atoms. The Bertz CT molecular complexity index is 564. The molecule has 0 aromatic heterocycles. The van der Waals surface area contributed by atoms with Crippen LogP contribution < -0.4 is 4.74 Å². The molecule has 2 aromatic rings. The molecule has 0 aliphatic carbocycles. The highest BCUT2D eigenvalue weighted by atomic mass is 79.9. The van der Waals surface area contributed by atoms with E-state index in [-0.39, 0.29) is 4.83 Å². The smallest absolute Gasteiger partial charge is 0.120 e. The van der Waals surface area contributed by atoms with Gasteiger partial charge in [-0.05, 0) is 43.5 Å². The number of benzene rings is 2. The normalized spacial score (nSPS) is 12.2. The van der Waals surface area contributed by atoms with Gasteiger partial charge in [-0.2, -0.15) is 0 Å². The summed E-state index contributed by atoms with van der Waals surface area (Å²) in [6.07, 6.45) is 0.965. The minimum absolute atomic E-state index is 0.287. The topological polar surface area (TPSA) is 9.23 Å². The summed E-state index contributed by atoms with van der Waals surface area (Å²) in [6.45, 7) is 4.79. The molecule has 2 rings (SSSR count). The zero-order valence-electron chi connectivity index (χ0n) is 11.7. The summed E-state index contributed by atoms with van der Waals surface area (Å²) in [7, 11) is 0. The molecule has 1 nitrogen and oxygen atoms in total. The molecule has 1 unspecified atom stereocenters. The van der Waals surface area contributed by atoms with Crippen LogP contribution in [0.1, 0.15) is 28.4 Å². The number of aryl methyl sites for hydroxylation is 1. The molecule has 0 heterocycles. The minimum atomic E-state index is 0.287. The molecule has 0 aliphatic rings. The van der Waals surface area contributed by atoms with Crippen molar-refractivity contribution < 1.29 is 4.74 Å². The van der Waals surface area contributed by atoms with Gasteiger partial charge in [0.05, 0.1) is 6.61 Å². The second-order valence-corrected chi connectivity index (χ2v) is 6.73. The van der Waals surface area contributed by atoms with E-state index in [9.17, 15) is 0 Å². The van der Waals surface area contributed by atoms with E-state index in [2.05, 4.69) is 69.1 Å². The van der Waals surface area contributed by atoms with Gasteiger partial charge in [0.15, 0.2) is 0 Å². The van der Waals surface area contributed by atoms with Gasteiger partial charge < -0.3 is 4.74 Å². The molecule has 0 saturated heterocycles. The molecule has 0 bridgehead atoms. The lowest BCUT2D eigenvalue weighted by atomic mass is 10.0. The molecular formula is C17H18Br2O. The van der Waals surface area contributed by atoms with E-state index in [1.165, 1.54) is 16.7 Å². The molecule has 2 aromatic carbocycles. The third-order valence-electron chi connectivity index (χ3n) is 3.16. The first-order valence-corrected chi connectivity index (χ1v) is 8.43. The summed E-state index contributed by atoms with van der Waals surface area (Å²) >= 11 is 7.42. The second kappa shape index (κ2) is 7.28. The summed E-state index contributed by atoms with van der Waals surface area (Å²) in [5.41, 5.74) is 3.87. The first kappa shape index (κ1) is 15.6. The van der Waals surface area contributed by atoms with Gasteiger partial charge in [0, 0.05) is 9.30 Å². The summed E-state index contributed by atoms with van der Waals surface area (Å²) in [6, 6.07) is 14.8. The third kappa shape index (κ3) is 4.10. The fourth-order valence-electron chi connectivity index (χ4n) is 2.06. The SMILES string of the molecule is CCOc1ccc(C(Br)Cc2ccc(C)cc2)c(Br)c1. The van der Waals surface area contributed by atoms with E-state index in [1.54, 1.807) is 0 Å². The van der Waals surface area contributed by atoms with Gasteiger partial charge in [-0.3, -0.25) is 0 Å². The maximum atomic E-state index is 5.51. The van der Waals surface area contributed by atoms with Crippen LogP contribution in [0.15, 0.2) is 46.9 Å². The predicted molar refractivity (Wildman–Crippen MR) is 91.9 cm³/mol. The van der Waals surface area contributed by atoms with Crippen molar-refractivity contribution in [3.8, 4) is 5.75 Å². The Kier molecular flexibility index (Phi) is 5.67. The zero-order chi connectivity index (χ0) is 14.5. The van der Waals surface area contributed by atoms with Crippen molar-refractivity contribution in [3.63, 3.8) is 0 Å². The monoisotopic (exact) mass is 396 g/mol. The van der Waals surface area contributed by atoms with Crippen molar-refractivity contribution in [2.24, 2.45) is 0 Å². The van der Waals surface area contributed by atoms with Crippen LogP contribution in [-0.2, 0) is 6.42 Å². The fourth-order valence-corrected chi connectivity index (χ4v) is 3.77. The molecule has 0 saturated carbocycles. The lowest BCUT2D eigenvalue weighted by Crippen LogP contribution is -1.98. The van der Waals surface area contributed by atoms with E-state index in [4.69, 9.17) is 4.74 Å². The molecule has 0 N–H and O–H groups in total. The van der Waals surface area contributed by atoms with E-state index in [0.29, 0.717) is 6.61 Å². The summed E-state index contributed by atoms with van der Waals surface area (Å²) in [4.78, 5) is 0.287. The summed E-state index contributed by atoms with van der Waals surface area (Å²) in [5.74, 6) is 0.901. The third-order valence-corrected chi connectivity index (χ3v) is 4.66. The molecule has 3 heteroatoms. The Balaban J connectivity index is 2.12. The highest BCUT2D eigenvalue weighted by Crippen LogP contribution is 2.34. The van der Waals surface area contributed by atoms with Gasteiger partial charge >= 0.3 is 0 Å². The average molecular weight is 398 g/mol. The van der Waals surface area contributed by atoms with E-state index in [1.807, 2.05) is 19.1 Å². The molecule has 20 heavy (non-hydrogen) atoms. The largest absolute Gasteiger partial charge is 0.494 e. The van der Waals surface area contributed by atoms with E-state index >= 15 is 0 Å².